The summed E-state index contributed by atoms with van der Waals surface area (Å²) in [5, 5.41) is 57.1. The Kier molecular flexibility index (Phi) is 6.62. The fraction of sp³-hybridized carbons (Fsp3) is 0.519. The van der Waals surface area contributed by atoms with Crippen LogP contribution in [0.4, 0.5) is 0 Å². The number of nitrogens with two attached hydrogens (primary N) is 1. The van der Waals surface area contributed by atoms with E-state index >= 15 is 0 Å². The molecule has 0 radical (unpaired) electrons. The van der Waals surface area contributed by atoms with Crippen LogP contribution >= 0.6 is 11.8 Å². The van der Waals surface area contributed by atoms with Crippen LogP contribution < -0.4 is 5.73 Å². The highest BCUT2D eigenvalue weighted by Gasteiger charge is 2.68. The van der Waals surface area contributed by atoms with Crippen molar-refractivity contribution in [2.45, 2.75) is 54.6 Å². The molecule has 0 bridgehead atoms. The van der Waals surface area contributed by atoms with Gasteiger partial charge in [0.15, 0.2) is 11.4 Å². The Morgan fingerprint density at radius 3 is 2.42 bits per heavy atom. The Labute approximate surface area is 223 Å². The van der Waals surface area contributed by atoms with E-state index in [1.807, 2.05) is 0 Å². The number of amides is 1. The summed E-state index contributed by atoms with van der Waals surface area (Å²) in [6, 6.07) is 3.34. The summed E-state index contributed by atoms with van der Waals surface area (Å²) < 4.78 is 0. The van der Waals surface area contributed by atoms with Gasteiger partial charge in [-0.2, -0.15) is 11.8 Å². The zero-order valence-corrected chi connectivity index (χ0v) is 21.9. The van der Waals surface area contributed by atoms with Crippen molar-refractivity contribution in [1.82, 2.24) is 4.90 Å². The monoisotopic (exact) mass is 544 g/mol. The van der Waals surface area contributed by atoms with Gasteiger partial charge in [-0.1, -0.05) is 25.0 Å². The predicted octanol–water partition coefficient (Wildman–Crippen LogP) is 1.15. The summed E-state index contributed by atoms with van der Waals surface area (Å²) in [5.74, 6) is -8.22. The molecule has 204 valence electrons. The molecule has 10 nitrogen and oxygen atoms in total. The highest BCUT2D eigenvalue weighted by molar-refractivity contribution is 7.99. The van der Waals surface area contributed by atoms with E-state index in [1.54, 1.807) is 23.9 Å². The van der Waals surface area contributed by atoms with Crippen molar-refractivity contribution in [2.24, 2.45) is 17.6 Å². The Morgan fingerprint density at radius 2 is 1.82 bits per heavy atom. The molecule has 1 aromatic carbocycles. The zero-order chi connectivity index (χ0) is 27.7. The van der Waals surface area contributed by atoms with Gasteiger partial charge in [-0.15, -0.1) is 0 Å². The smallest absolute Gasteiger partial charge is 0.255 e. The van der Waals surface area contributed by atoms with Crippen molar-refractivity contribution in [2.75, 3.05) is 19.8 Å². The number of thioether (sulfide) groups is 1. The summed E-state index contributed by atoms with van der Waals surface area (Å²) in [5.41, 5.74) is 1.74. The Balaban J connectivity index is 1.73. The van der Waals surface area contributed by atoms with Crippen molar-refractivity contribution in [1.29, 1.82) is 0 Å². The number of fused-ring (bicyclic) bond motifs is 3. The van der Waals surface area contributed by atoms with Crippen molar-refractivity contribution in [3.05, 3.63) is 46.2 Å². The fourth-order valence-corrected chi connectivity index (χ4v) is 8.42. The zero-order valence-electron chi connectivity index (χ0n) is 21.1. The van der Waals surface area contributed by atoms with Crippen LogP contribution in [0.5, 0.6) is 5.75 Å². The molecule has 0 aromatic heterocycles. The second-order valence-electron chi connectivity index (χ2n) is 10.8. The second-order valence-corrected chi connectivity index (χ2v) is 12.2. The first-order valence-corrected chi connectivity index (χ1v) is 13.7. The predicted molar refractivity (Wildman–Crippen MR) is 139 cm³/mol. The minimum absolute atomic E-state index is 0.0213. The van der Waals surface area contributed by atoms with Crippen LogP contribution in [-0.2, 0) is 14.4 Å². The van der Waals surface area contributed by atoms with Gasteiger partial charge in [-0.3, -0.25) is 19.3 Å². The van der Waals surface area contributed by atoms with Crippen LogP contribution in [0, 0.1) is 11.8 Å². The quantitative estimate of drug-likeness (QED) is 0.294. The maximum Gasteiger partial charge on any atom is 0.255 e. The molecule has 1 unspecified atom stereocenters. The molecule has 0 heterocycles. The molecule has 0 spiro atoms. The Morgan fingerprint density at radius 1 is 1.16 bits per heavy atom. The molecule has 0 aliphatic heterocycles. The molecular formula is C27H32N2O8S. The van der Waals surface area contributed by atoms with Gasteiger partial charge in [0, 0.05) is 28.4 Å². The molecule has 1 aromatic rings. The van der Waals surface area contributed by atoms with Gasteiger partial charge < -0.3 is 31.3 Å². The van der Waals surface area contributed by atoms with Crippen molar-refractivity contribution >= 4 is 35.0 Å². The fourth-order valence-electron chi connectivity index (χ4n) is 6.89. The molecule has 2 saturated carbocycles. The lowest BCUT2D eigenvalue weighted by atomic mass is 9.54. The molecule has 5 rings (SSSR count). The molecule has 2 fully saturated rings. The van der Waals surface area contributed by atoms with Crippen LogP contribution in [0.25, 0.3) is 5.76 Å². The average molecular weight is 545 g/mol. The molecule has 4 aliphatic carbocycles. The Hall–Kier alpha value is -2.86. The molecule has 1 amide bonds. The van der Waals surface area contributed by atoms with Gasteiger partial charge >= 0.3 is 0 Å². The Bertz CT molecular complexity index is 1280. The van der Waals surface area contributed by atoms with Gasteiger partial charge in [0.25, 0.3) is 5.91 Å². The molecular weight excluding hydrogens is 512 g/mol. The van der Waals surface area contributed by atoms with Crippen LogP contribution in [-0.4, -0.2) is 90.8 Å². The number of carbonyl (C=O) groups is 3. The number of aliphatic hydroxyl groups excluding tert-OH is 3. The van der Waals surface area contributed by atoms with Crippen LogP contribution in [0.1, 0.15) is 42.7 Å². The summed E-state index contributed by atoms with van der Waals surface area (Å²) in [6.45, 7) is 0. The number of rotatable bonds is 5. The van der Waals surface area contributed by atoms with Crippen LogP contribution in [0.2, 0.25) is 0 Å². The first-order valence-electron chi connectivity index (χ1n) is 12.7. The molecule has 4 aliphatic rings. The van der Waals surface area contributed by atoms with E-state index in [1.165, 1.54) is 25.1 Å². The van der Waals surface area contributed by atoms with E-state index in [0.717, 1.165) is 25.7 Å². The first-order chi connectivity index (χ1) is 17.9. The molecule has 0 saturated heterocycles. The number of hydrogen-bond donors (Lipinski definition) is 6. The average Bonchev–Trinajstić information content (AvgIpc) is 3.37. The number of nitrogens with zero attached hydrogens (tertiary/aromatic N) is 1. The number of ketones is 2. The number of Topliss-reactive ketones (excluding diaryl/α,β-unsaturated/α-hetero) is 2. The number of aliphatic hydroxyl groups is 4. The number of hydrogen-bond acceptors (Lipinski definition) is 10. The van der Waals surface area contributed by atoms with Gasteiger partial charge in [0.05, 0.1) is 23.6 Å². The lowest BCUT2D eigenvalue weighted by Gasteiger charge is -2.54. The van der Waals surface area contributed by atoms with Crippen LogP contribution in [0.15, 0.2) is 35.1 Å². The van der Waals surface area contributed by atoms with Gasteiger partial charge in [0.2, 0.25) is 5.78 Å². The van der Waals surface area contributed by atoms with E-state index in [2.05, 4.69) is 0 Å². The number of phenolic OH excluding ortho intramolecular Hbond substituents is 1. The topological polar surface area (TPSA) is 182 Å². The molecule has 7 N–H and O–H groups in total. The third-order valence-electron chi connectivity index (χ3n) is 8.61. The number of likely N-dealkylation sites (N-methyl/N-ethyl adjacent to an activating group) is 1. The molecule has 11 heteroatoms. The lowest BCUT2D eigenvalue weighted by molar-refractivity contribution is -0.169. The first kappa shape index (κ1) is 26.7. The van der Waals surface area contributed by atoms with E-state index in [0.29, 0.717) is 16.6 Å². The van der Waals surface area contributed by atoms with E-state index in [9.17, 15) is 39.9 Å². The maximum atomic E-state index is 14.1. The van der Waals surface area contributed by atoms with Crippen molar-refractivity contribution < 1.29 is 39.9 Å². The van der Waals surface area contributed by atoms with E-state index < -0.39 is 70.1 Å². The SMILES string of the molecule is CN(C)[C@H]1C(=O)C(C(N)=O)=C(O)[C@]2(O)C(=O)C3=C(O)c4c(O)cccc4C(CSC4CCCC4)[C@@H]3[C@@H](O)[C@H]12. The van der Waals surface area contributed by atoms with Gasteiger partial charge in [0.1, 0.15) is 22.8 Å². The number of aromatic hydroxyl groups is 1. The summed E-state index contributed by atoms with van der Waals surface area (Å²) in [6.07, 6.45) is 2.72. The van der Waals surface area contributed by atoms with Crippen molar-refractivity contribution in [3.8, 4) is 5.75 Å². The van der Waals surface area contributed by atoms with Gasteiger partial charge in [-0.05, 0) is 38.6 Å². The third kappa shape index (κ3) is 3.63. The number of primary amides is 1. The van der Waals surface area contributed by atoms with E-state index in [-0.39, 0.29) is 16.9 Å². The minimum Gasteiger partial charge on any atom is -0.508 e. The highest BCUT2D eigenvalue weighted by Crippen LogP contribution is 2.57. The summed E-state index contributed by atoms with van der Waals surface area (Å²) >= 11 is 1.69. The molecule has 6 atom stereocenters. The van der Waals surface area contributed by atoms with Gasteiger partial charge in [-0.25, -0.2) is 0 Å². The maximum absolute atomic E-state index is 14.1. The minimum atomic E-state index is -2.91. The van der Waals surface area contributed by atoms with Crippen LogP contribution in [0.3, 0.4) is 0 Å². The second kappa shape index (κ2) is 9.41. The summed E-state index contributed by atoms with van der Waals surface area (Å²) in [7, 11) is 2.98. The standard InChI is InChI=1S/C27H32N2O8S/c1-29(2)20-19-22(32)16-13(10-38-11-6-3-4-7-11)12-8-5-9-14(30)15(12)21(31)17(16)24(34)27(19,37)25(35)18(23(20)33)26(28)36/h5,8-9,11,13,16,19-20,22,30-32,35,37H,3-4,6-7,10H2,1-2H3,(H2,28,36)/t13?,16-,19-,20+,22+,27+/m0/s1. The third-order valence-corrected chi connectivity index (χ3v) is 10.1. The lowest BCUT2D eigenvalue weighted by Crippen LogP contribution is -2.70. The highest BCUT2D eigenvalue weighted by atomic mass is 32.2. The summed E-state index contributed by atoms with van der Waals surface area (Å²) in [4.78, 5) is 40.9. The molecule has 38 heavy (non-hydrogen) atoms. The largest absolute Gasteiger partial charge is 0.508 e. The number of carbonyl (C=O) groups excluding carboxylic acids is 3. The van der Waals surface area contributed by atoms with E-state index in [4.69, 9.17) is 5.73 Å². The number of benzene rings is 1. The number of phenols is 1. The van der Waals surface area contributed by atoms with Crippen molar-refractivity contribution in [3.63, 3.8) is 0 Å². The normalized spacial score (nSPS) is 33.4.